The molecule has 0 spiro atoms. The molecule has 0 aromatic carbocycles. The number of hydrogen-bond acceptors (Lipinski definition) is 3. The van der Waals surface area contributed by atoms with Gasteiger partial charge in [-0.25, -0.2) is 0 Å². The molecule has 2 N–H and O–H groups in total. The van der Waals surface area contributed by atoms with E-state index in [4.69, 9.17) is 5.11 Å². The number of piperidine rings is 1. The van der Waals surface area contributed by atoms with Crippen molar-refractivity contribution in [3.63, 3.8) is 0 Å². The minimum Gasteiger partial charge on any atom is -0.481 e. The monoisotopic (exact) mass is 250 g/mol. The predicted molar refractivity (Wildman–Crippen MR) is 63.3 cm³/mol. The van der Waals surface area contributed by atoms with E-state index < -0.39 is 17.8 Å². The highest BCUT2D eigenvalue weighted by molar-refractivity contribution is 5.94. The number of nitrogens with zero attached hydrogens (tertiary/aromatic N) is 1. The molecule has 6 heteroatoms. The Bertz CT molecular complexity index is 523. The number of amides is 1. The summed E-state index contributed by atoms with van der Waals surface area (Å²) in [6, 6.07) is 1.28. The van der Waals surface area contributed by atoms with Crippen LogP contribution in [0.5, 0.6) is 0 Å². The Balaban J connectivity index is 2.17. The smallest absolute Gasteiger partial charge is 0.308 e. The first-order chi connectivity index (χ1) is 8.59. The maximum atomic E-state index is 12.1. The van der Waals surface area contributed by atoms with Gasteiger partial charge in [-0.3, -0.25) is 14.4 Å². The zero-order valence-electron chi connectivity index (χ0n) is 9.76. The number of aromatic amines is 1. The summed E-state index contributed by atoms with van der Waals surface area (Å²) in [5.41, 5.74) is -0.292. The molecule has 1 aromatic rings. The first-order valence-electron chi connectivity index (χ1n) is 5.79. The number of hydrogen-bond donors (Lipinski definition) is 2. The highest BCUT2D eigenvalue weighted by Gasteiger charge is 2.29. The van der Waals surface area contributed by atoms with Crippen LogP contribution in [0.3, 0.4) is 0 Å². The molecule has 6 nitrogen and oxygen atoms in total. The number of likely N-dealkylation sites (tertiary alicyclic amines) is 1. The number of carboxylic acid groups (broad SMARTS) is 1. The molecule has 96 valence electrons. The zero-order chi connectivity index (χ0) is 13.1. The van der Waals surface area contributed by atoms with E-state index in [2.05, 4.69) is 4.98 Å². The van der Waals surface area contributed by atoms with Crippen LogP contribution in [-0.2, 0) is 4.79 Å². The third-order valence-electron chi connectivity index (χ3n) is 3.11. The Morgan fingerprint density at radius 1 is 1.44 bits per heavy atom. The van der Waals surface area contributed by atoms with Gasteiger partial charge in [0.25, 0.3) is 5.91 Å². The van der Waals surface area contributed by atoms with Crippen LogP contribution < -0.4 is 5.43 Å². The van der Waals surface area contributed by atoms with Crippen molar-refractivity contribution in [2.45, 2.75) is 12.8 Å². The highest BCUT2D eigenvalue weighted by atomic mass is 16.4. The lowest BCUT2D eigenvalue weighted by atomic mass is 9.98. The average Bonchev–Trinajstić information content (AvgIpc) is 2.38. The van der Waals surface area contributed by atoms with Crippen molar-refractivity contribution in [1.82, 2.24) is 9.88 Å². The summed E-state index contributed by atoms with van der Waals surface area (Å²) in [7, 11) is 0. The van der Waals surface area contributed by atoms with Gasteiger partial charge >= 0.3 is 5.97 Å². The Labute approximate surface area is 103 Å². The number of rotatable bonds is 2. The van der Waals surface area contributed by atoms with Gasteiger partial charge in [0.2, 0.25) is 0 Å². The number of aromatic nitrogens is 1. The molecule has 2 rings (SSSR count). The van der Waals surface area contributed by atoms with Crippen LogP contribution in [0.1, 0.15) is 23.2 Å². The Hall–Kier alpha value is -2.11. The van der Waals surface area contributed by atoms with Crippen molar-refractivity contribution >= 4 is 11.9 Å². The summed E-state index contributed by atoms with van der Waals surface area (Å²) < 4.78 is 0. The fourth-order valence-corrected chi connectivity index (χ4v) is 2.12. The predicted octanol–water partition coefficient (Wildman–Crippen LogP) is 0.312. The molecule has 1 aliphatic heterocycles. The standard InChI is InChI=1S/C12H14N2O4/c15-10-3-4-13-6-9(10)11(16)14-5-1-2-8(7-14)12(17)18/h3-4,6,8H,1-2,5,7H2,(H,13,15)(H,17,18)/t8-/m0/s1. The minimum absolute atomic E-state index is 0.0588. The lowest BCUT2D eigenvalue weighted by Crippen LogP contribution is -2.43. The van der Waals surface area contributed by atoms with Gasteiger partial charge in [-0.1, -0.05) is 0 Å². The molecule has 1 atom stereocenters. The Kier molecular flexibility index (Phi) is 3.45. The van der Waals surface area contributed by atoms with Crippen LogP contribution in [0.15, 0.2) is 23.3 Å². The van der Waals surface area contributed by atoms with Crippen molar-refractivity contribution in [2.24, 2.45) is 5.92 Å². The van der Waals surface area contributed by atoms with E-state index in [9.17, 15) is 14.4 Å². The third-order valence-corrected chi connectivity index (χ3v) is 3.11. The molecule has 1 fully saturated rings. The van der Waals surface area contributed by atoms with E-state index in [0.717, 1.165) is 0 Å². The van der Waals surface area contributed by atoms with Gasteiger partial charge in [0.1, 0.15) is 5.56 Å². The summed E-state index contributed by atoms with van der Waals surface area (Å²) in [6.07, 6.45) is 4.03. The van der Waals surface area contributed by atoms with Gasteiger partial charge in [-0.05, 0) is 12.8 Å². The first kappa shape index (κ1) is 12.3. The lowest BCUT2D eigenvalue weighted by molar-refractivity contribution is -0.143. The van der Waals surface area contributed by atoms with Crippen LogP contribution in [0.25, 0.3) is 0 Å². The molecule has 0 saturated carbocycles. The van der Waals surface area contributed by atoms with Crippen LogP contribution in [0, 0.1) is 5.92 Å². The summed E-state index contributed by atoms with van der Waals surface area (Å²) in [5, 5.41) is 8.96. The third kappa shape index (κ3) is 2.42. The maximum Gasteiger partial charge on any atom is 0.308 e. The van der Waals surface area contributed by atoms with Crippen molar-refractivity contribution in [1.29, 1.82) is 0 Å². The van der Waals surface area contributed by atoms with E-state index in [1.165, 1.54) is 23.4 Å². The van der Waals surface area contributed by atoms with Gasteiger partial charge in [0.05, 0.1) is 5.92 Å². The number of H-pyrrole nitrogens is 1. The van der Waals surface area contributed by atoms with Crippen LogP contribution >= 0.6 is 0 Å². The molecule has 1 aliphatic rings. The SMILES string of the molecule is O=C(O)[C@H]1CCCN(C(=O)c2c[nH]ccc2=O)C1. The molecule has 1 saturated heterocycles. The molecule has 18 heavy (non-hydrogen) atoms. The van der Waals surface area contributed by atoms with Crippen LogP contribution in [0.2, 0.25) is 0 Å². The van der Waals surface area contributed by atoms with Gasteiger partial charge < -0.3 is 15.0 Å². The van der Waals surface area contributed by atoms with E-state index in [0.29, 0.717) is 19.4 Å². The molecule has 0 radical (unpaired) electrons. The topological polar surface area (TPSA) is 90.5 Å². The van der Waals surface area contributed by atoms with Crippen LogP contribution in [-0.4, -0.2) is 40.0 Å². The van der Waals surface area contributed by atoms with Crippen molar-refractivity contribution in [2.75, 3.05) is 13.1 Å². The second-order valence-corrected chi connectivity index (χ2v) is 4.35. The second-order valence-electron chi connectivity index (χ2n) is 4.35. The van der Waals surface area contributed by atoms with Crippen molar-refractivity contribution in [3.8, 4) is 0 Å². The van der Waals surface area contributed by atoms with Gasteiger partial charge in [0, 0.05) is 31.5 Å². The molecule has 2 heterocycles. The molecule has 0 bridgehead atoms. The maximum absolute atomic E-state index is 12.1. The Morgan fingerprint density at radius 3 is 2.89 bits per heavy atom. The summed E-state index contributed by atoms with van der Waals surface area (Å²) in [4.78, 5) is 38.7. The van der Waals surface area contributed by atoms with Gasteiger partial charge in [-0.15, -0.1) is 0 Å². The molecule has 0 unspecified atom stereocenters. The fourth-order valence-electron chi connectivity index (χ4n) is 2.12. The first-order valence-corrected chi connectivity index (χ1v) is 5.79. The number of carbonyl (C=O) groups excluding carboxylic acids is 1. The number of aliphatic carboxylic acids is 1. The summed E-state index contributed by atoms with van der Waals surface area (Å²) in [5.74, 6) is -1.83. The Morgan fingerprint density at radius 2 is 2.22 bits per heavy atom. The van der Waals surface area contributed by atoms with Crippen molar-refractivity contribution in [3.05, 3.63) is 34.2 Å². The second kappa shape index (κ2) is 5.03. The van der Waals surface area contributed by atoms with E-state index in [-0.39, 0.29) is 17.5 Å². The minimum atomic E-state index is -0.894. The normalized spacial score (nSPS) is 19.6. The molecular weight excluding hydrogens is 236 g/mol. The molecule has 1 amide bonds. The fraction of sp³-hybridized carbons (Fsp3) is 0.417. The number of carbonyl (C=O) groups is 2. The van der Waals surface area contributed by atoms with E-state index >= 15 is 0 Å². The van der Waals surface area contributed by atoms with E-state index in [1.54, 1.807) is 0 Å². The zero-order valence-corrected chi connectivity index (χ0v) is 9.76. The largest absolute Gasteiger partial charge is 0.481 e. The quantitative estimate of drug-likeness (QED) is 0.790. The average molecular weight is 250 g/mol. The highest BCUT2D eigenvalue weighted by Crippen LogP contribution is 2.17. The van der Waals surface area contributed by atoms with Crippen LogP contribution in [0.4, 0.5) is 0 Å². The van der Waals surface area contributed by atoms with E-state index in [1.807, 2.05) is 0 Å². The lowest BCUT2D eigenvalue weighted by Gasteiger charge is -2.30. The van der Waals surface area contributed by atoms with Gasteiger partial charge in [0.15, 0.2) is 5.43 Å². The number of pyridine rings is 1. The molecule has 0 aliphatic carbocycles. The number of carboxylic acids is 1. The van der Waals surface area contributed by atoms with Gasteiger partial charge in [-0.2, -0.15) is 0 Å². The molecular formula is C12H14N2O4. The summed E-state index contributed by atoms with van der Waals surface area (Å²) >= 11 is 0. The van der Waals surface area contributed by atoms with Crippen molar-refractivity contribution < 1.29 is 14.7 Å². The molecule has 1 aromatic heterocycles. The number of nitrogens with one attached hydrogen (secondary N) is 1. The summed E-state index contributed by atoms with van der Waals surface area (Å²) in [6.45, 7) is 0.666.